The fourth-order valence-corrected chi connectivity index (χ4v) is 7.92. The minimum atomic E-state index is -2.95. The van der Waals surface area contributed by atoms with E-state index in [1.54, 1.807) is 36.4 Å². The van der Waals surface area contributed by atoms with Gasteiger partial charge in [0.25, 0.3) is 5.56 Å². The fraction of sp³-hybridized carbons (Fsp3) is 0.364. The van der Waals surface area contributed by atoms with Crippen LogP contribution in [0.2, 0.25) is 18.6 Å². The topological polar surface area (TPSA) is 114 Å². The summed E-state index contributed by atoms with van der Waals surface area (Å²) in [5, 5.41) is 15.4. The van der Waals surface area contributed by atoms with Crippen molar-refractivity contribution >= 4 is 25.0 Å². The van der Waals surface area contributed by atoms with Gasteiger partial charge in [-0.2, -0.15) is 9.78 Å². The summed E-state index contributed by atoms with van der Waals surface area (Å²) >= 11 is 0. The molecule has 3 aromatic carbocycles. The quantitative estimate of drug-likeness (QED) is 0.258. The molecule has 0 saturated heterocycles. The lowest BCUT2D eigenvalue weighted by Gasteiger charge is -2.44. The first-order chi connectivity index (χ1) is 20.6. The Morgan fingerprint density at radius 3 is 2.53 bits per heavy atom. The molecule has 1 unspecified atom stereocenters. The molecule has 2 N–H and O–H groups in total. The van der Waals surface area contributed by atoms with Crippen LogP contribution in [-0.2, 0) is 16.1 Å². The molecule has 0 saturated carbocycles. The van der Waals surface area contributed by atoms with E-state index < -0.39 is 26.1 Å². The highest BCUT2D eigenvalue weighted by Crippen LogP contribution is 2.47. The van der Waals surface area contributed by atoms with Crippen LogP contribution in [0.3, 0.4) is 0 Å². The van der Waals surface area contributed by atoms with E-state index in [4.69, 9.17) is 9.47 Å². The minimum absolute atomic E-state index is 0.0812. The predicted octanol–water partition coefficient (Wildman–Crippen LogP) is 4.45. The molecule has 0 spiro atoms. The molecule has 10 heteroatoms. The Bertz CT molecular complexity index is 1640. The van der Waals surface area contributed by atoms with Gasteiger partial charge >= 0.3 is 0 Å². The molecular formula is C33H39N3O6Si. The van der Waals surface area contributed by atoms with Crippen LogP contribution in [0.1, 0.15) is 30.6 Å². The number of amides is 1. The first kappa shape index (κ1) is 30.6. The summed E-state index contributed by atoms with van der Waals surface area (Å²) in [4.78, 5) is 40.0. The van der Waals surface area contributed by atoms with E-state index >= 15 is 0 Å². The number of hydrogen-bond acceptors (Lipinski definition) is 7. The average molecular weight is 602 g/mol. The zero-order valence-electron chi connectivity index (χ0n) is 25.0. The summed E-state index contributed by atoms with van der Waals surface area (Å²) in [7, 11) is -1.32. The molecule has 226 valence electrons. The van der Waals surface area contributed by atoms with Crippen molar-refractivity contribution in [2.75, 3.05) is 20.3 Å². The molecule has 0 fully saturated rings. The summed E-state index contributed by atoms with van der Waals surface area (Å²) in [5.41, 5.74) is 1.67. The highest BCUT2D eigenvalue weighted by molar-refractivity contribution is 6.71. The summed E-state index contributed by atoms with van der Waals surface area (Å²) in [5.74, 6) is 0.219. The van der Waals surface area contributed by atoms with E-state index in [2.05, 4.69) is 5.10 Å². The lowest BCUT2D eigenvalue weighted by Crippen LogP contribution is -2.50. The summed E-state index contributed by atoms with van der Waals surface area (Å²) in [6.07, 6.45) is 0.856. The number of benzene rings is 3. The number of hydrogen-bond donors (Lipinski definition) is 2. The van der Waals surface area contributed by atoms with Gasteiger partial charge in [-0.3, -0.25) is 9.59 Å². The monoisotopic (exact) mass is 601 g/mol. The van der Waals surface area contributed by atoms with Crippen molar-refractivity contribution in [3.63, 3.8) is 0 Å². The van der Waals surface area contributed by atoms with E-state index in [1.165, 1.54) is 4.68 Å². The Kier molecular flexibility index (Phi) is 9.12. The van der Waals surface area contributed by atoms with Crippen molar-refractivity contribution in [1.29, 1.82) is 0 Å². The molecule has 0 bridgehead atoms. The molecule has 1 amide bonds. The van der Waals surface area contributed by atoms with Gasteiger partial charge in [0, 0.05) is 49.0 Å². The van der Waals surface area contributed by atoms with Crippen LogP contribution in [0.15, 0.2) is 83.8 Å². The van der Waals surface area contributed by atoms with Crippen molar-refractivity contribution in [3.05, 3.63) is 100 Å². The first-order valence-corrected chi connectivity index (χ1v) is 17.6. The van der Waals surface area contributed by atoms with Crippen LogP contribution in [0, 0.1) is 5.92 Å². The summed E-state index contributed by atoms with van der Waals surface area (Å²) < 4.78 is 14.0. The zero-order chi connectivity index (χ0) is 30.7. The molecule has 43 heavy (non-hydrogen) atoms. The van der Waals surface area contributed by atoms with Crippen molar-refractivity contribution in [2.24, 2.45) is 5.92 Å². The first-order valence-electron chi connectivity index (χ1n) is 14.6. The fourth-order valence-electron chi connectivity index (χ4n) is 6.07. The van der Waals surface area contributed by atoms with Crippen LogP contribution in [0.5, 0.6) is 5.75 Å². The maximum absolute atomic E-state index is 13.7. The van der Waals surface area contributed by atoms with Gasteiger partial charge in [-0.25, -0.2) is 0 Å². The van der Waals surface area contributed by atoms with Crippen molar-refractivity contribution < 1.29 is 24.2 Å². The Balaban J connectivity index is 1.45. The van der Waals surface area contributed by atoms with Crippen LogP contribution < -0.4 is 10.3 Å². The second kappa shape index (κ2) is 12.8. The molecule has 2 heterocycles. The second-order valence-corrected chi connectivity index (χ2v) is 15.8. The normalized spacial score (nSPS) is 19.0. The van der Waals surface area contributed by atoms with Crippen molar-refractivity contribution in [3.8, 4) is 11.4 Å². The molecule has 4 aromatic rings. The number of methoxy groups -OCH3 is 1. The molecular weight excluding hydrogens is 562 g/mol. The SMILES string of the molecule is CO[C@H]1c2cc(-n3ncc4ccccc4c3=O)ccc2O[C@@H](C(CC(=O)N(CCO)Cc2ccccc2)[Si](C)(C)O)[C@@H]1C. The summed E-state index contributed by atoms with van der Waals surface area (Å²) in [6, 6.07) is 22.4. The number of aromatic nitrogens is 2. The predicted molar refractivity (Wildman–Crippen MR) is 168 cm³/mol. The van der Waals surface area contributed by atoms with Gasteiger partial charge < -0.3 is 24.3 Å². The lowest BCUT2D eigenvalue weighted by molar-refractivity contribution is -0.133. The standard InChI is InChI=1S/C33H39N3O6Si/c1-22-31(41-2)27-18-25(36-33(39)26-13-9-8-12-24(26)20-34-36)14-15-28(27)42-32(22)29(43(3,4)40)19-30(38)35(16-17-37)21-23-10-6-5-7-11-23/h5-15,18,20,22,29,31-32,37,40H,16-17,19,21H2,1-4H3/t22-,29?,31-,32-/m1/s1. The van der Waals surface area contributed by atoms with Gasteiger partial charge in [-0.15, -0.1) is 0 Å². The molecule has 1 aliphatic heterocycles. The number of ether oxygens (including phenoxy) is 2. The van der Waals surface area contributed by atoms with Gasteiger partial charge in [0.15, 0.2) is 8.32 Å². The third-order valence-electron chi connectivity index (χ3n) is 8.39. The number of rotatable bonds is 10. The maximum atomic E-state index is 13.7. The van der Waals surface area contributed by atoms with Crippen LogP contribution >= 0.6 is 0 Å². The van der Waals surface area contributed by atoms with Crippen molar-refractivity contribution in [2.45, 2.75) is 50.7 Å². The largest absolute Gasteiger partial charge is 0.490 e. The van der Waals surface area contributed by atoms with Gasteiger partial charge in [0.05, 0.1) is 30.0 Å². The van der Waals surface area contributed by atoms with E-state index in [1.807, 2.05) is 74.6 Å². The van der Waals surface area contributed by atoms with E-state index in [9.17, 15) is 19.5 Å². The number of fused-ring (bicyclic) bond motifs is 2. The number of aliphatic hydroxyl groups is 1. The van der Waals surface area contributed by atoms with Crippen LogP contribution in [0.4, 0.5) is 0 Å². The Morgan fingerprint density at radius 1 is 1.12 bits per heavy atom. The molecule has 5 rings (SSSR count). The van der Waals surface area contributed by atoms with Gasteiger partial charge in [-0.1, -0.05) is 55.5 Å². The molecule has 9 nitrogen and oxygen atoms in total. The van der Waals surface area contributed by atoms with Crippen LogP contribution in [-0.4, -0.2) is 65.2 Å². The summed E-state index contributed by atoms with van der Waals surface area (Å²) in [6.45, 7) is 6.07. The van der Waals surface area contributed by atoms with Crippen LogP contribution in [0.25, 0.3) is 16.5 Å². The number of nitrogens with zero attached hydrogens (tertiary/aromatic N) is 3. The molecule has 4 atom stereocenters. The lowest BCUT2D eigenvalue weighted by atomic mass is 9.86. The third-order valence-corrected chi connectivity index (χ3v) is 10.7. The highest BCUT2D eigenvalue weighted by atomic mass is 28.4. The smallest absolute Gasteiger partial charge is 0.279 e. The minimum Gasteiger partial charge on any atom is -0.490 e. The molecule has 1 aromatic heterocycles. The van der Waals surface area contributed by atoms with E-state index in [0.717, 1.165) is 16.5 Å². The van der Waals surface area contributed by atoms with Gasteiger partial charge in [-0.05, 0) is 42.9 Å². The number of carbonyl (C=O) groups excluding carboxylic acids is 1. The highest BCUT2D eigenvalue weighted by Gasteiger charge is 2.47. The average Bonchev–Trinajstić information content (AvgIpc) is 2.99. The number of carbonyl (C=O) groups is 1. The van der Waals surface area contributed by atoms with E-state index in [-0.39, 0.29) is 37.0 Å². The molecule has 0 aliphatic carbocycles. The number of aliphatic hydroxyl groups excluding tert-OH is 1. The second-order valence-electron chi connectivity index (χ2n) is 11.8. The Labute approximate surface area is 252 Å². The molecule has 1 aliphatic rings. The van der Waals surface area contributed by atoms with Gasteiger partial charge in [0.2, 0.25) is 5.91 Å². The third kappa shape index (κ3) is 6.42. The van der Waals surface area contributed by atoms with Crippen molar-refractivity contribution in [1.82, 2.24) is 14.7 Å². The van der Waals surface area contributed by atoms with Gasteiger partial charge in [0.1, 0.15) is 11.9 Å². The Morgan fingerprint density at radius 2 is 1.84 bits per heavy atom. The Hall–Kier alpha value is -3.83. The van der Waals surface area contributed by atoms with E-state index in [0.29, 0.717) is 23.4 Å². The zero-order valence-corrected chi connectivity index (χ0v) is 26.0. The maximum Gasteiger partial charge on any atom is 0.279 e. The molecule has 0 radical (unpaired) electrons.